The number of nitrogens with zero attached hydrogens (tertiary/aromatic N) is 3. The van der Waals surface area contributed by atoms with E-state index in [4.69, 9.17) is 5.73 Å². The minimum Gasteiger partial charge on any atom is -0.325 e. The third-order valence-corrected chi connectivity index (χ3v) is 3.16. The molecule has 88 valence electrons. The Kier molecular flexibility index (Phi) is 4.06. The molecule has 0 aliphatic carbocycles. The highest BCUT2D eigenvalue weighted by Crippen LogP contribution is 2.18. The normalized spacial score (nSPS) is 10.5. The Hall–Kier alpha value is -1.46. The number of nitrogens with two attached hydrogens (primary N) is 1. The summed E-state index contributed by atoms with van der Waals surface area (Å²) >= 11 is 1.61. The molecule has 0 amide bonds. The van der Waals surface area contributed by atoms with Crippen molar-refractivity contribution < 1.29 is 0 Å². The van der Waals surface area contributed by atoms with Crippen LogP contribution in [0.4, 0.5) is 0 Å². The van der Waals surface area contributed by atoms with Crippen LogP contribution >= 0.6 is 11.8 Å². The number of hydrogen-bond donors (Lipinski definition) is 1. The van der Waals surface area contributed by atoms with Crippen molar-refractivity contribution in [3.8, 4) is 0 Å². The van der Waals surface area contributed by atoms with Crippen molar-refractivity contribution >= 4 is 11.8 Å². The lowest BCUT2D eigenvalue weighted by Crippen LogP contribution is -1.99. The van der Waals surface area contributed by atoms with Gasteiger partial charge in [-0.1, -0.05) is 11.8 Å². The van der Waals surface area contributed by atoms with Crippen LogP contribution in [0.25, 0.3) is 0 Å². The predicted octanol–water partition coefficient (Wildman–Crippen LogP) is 1.93. The second-order valence-electron chi connectivity index (χ2n) is 3.69. The van der Waals surface area contributed by atoms with Crippen LogP contribution in [-0.2, 0) is 12.3 Å². The summed E-state index contributed by atoms with van der Waals surface area (Å²) in [6, 6.07) is 4.00. The topological polar surface area (TPSA) is 64.7 Å². The van der Waals surface area contributed by atoms with Crippen molar-refractivity contribution in [1.29, 1.82) is 0 Å². The Morgan fingerprint density at radius 3 is 2.71 bits per heavy atom. The van der Waals surface area contributed by atoms with Crippen LogP contribution in [0.15, 0.2) is 35.9 Å². The van der Waals surface area contributed by atoms with Gasteiger partial charge in [-0.05, 0) is 30.2 Å². The van der Waals surface area contributed by atoms with E-state index in [1.165, 1.54) is 5.56 Å². The molecule has 0 aliphatic rings. The molecule has 2 N–H and O–H groups in total. The van der Waals surface area contributed by atoms with E-state index < -0.39 is 0 Å². The van der Waals surface area contributed by atoms with E-state index in [-0.39, 0.29) is 0 Å². The summed E-state index contributed by atoms with van der Waals surface area (Å²) in [5.41, 5.74) is 8.72. The molecule has 5 heteroatoms. The first-order valence-electron chi connectivity index (χ1n) is 5.33. The summed E-state index contributed by atoms with van der Waals surface area (Å²) in [7, 11) is 0. The summed E-state index contributed by atoms with van der Waals surface area (Å²) in [4.78, 5) is 12.7. The number of aromatic nitrogens is 3. The van der Waals surface area contributed by atoms with Gasteiger partial charge in [-0.2, -0.15) is 0 Å². The quantitative estimate of drug-likeness (QED) is 0.659. The van der Waals surface area contributed by atoms with Crippen LogP contribution in [0, 0.1) is 6.92 Å². The second kappa shape index (κ2) is 5.75. The van der Waals surface area contributed by atoms with Crippen LogP contribution in [0.5, 0.6) is 0 Å². The molecule has 0 aliphatic heterocycles. The highest BCUT2D eigenvalue weighted by Gasteiger charge is 2.00. The van der Waals surface area contributed by atoms with Gasteiger partial charge in [0, 0.05) is 30.9 Å². The molecule has 0 saturated carbocycles. The molecule has 17 heavy (non-hydrogen) atoms. The standard InChI is InChI=1S/C12H14N4S/c1-9-6-15-12(16-7-9)17-8-10-2-3-14-11(4-10)5-13/h2-4,6-7H,5,8,13H2,1H3. The molecule has 0 atom stereocenters. The Labute approximate surface area is 105 Å². The van der Waals surface area contributed by atoms with Gasteiger partial charge in [-0.25, -0.2) is 9.97 Å². The van der Waals surface area contributed by atoms with Gasteiger partial charge in [0.1, 0.15) is 0 Å². The van der Waals surface area contributed by atoms with Gasteiger partial charge in [0.2, 0.25) is 0 Å². The molecule has 0 saturated heterocycles. The highest BCUT2D eigenvalue weighted by atomic mass is 32.2. The van der Waals surface area contributed by atoms with Crippen molar-refractivity contribution in [3.63, 3.8) is 0 Å². The second-order valence-corrected chi connectivity index (χ2v) is 4.63. The molecule has 0 unspecified atom stereocenters. The fraction of sp³-hybridized carbons (Fsp3) is 0.250. The summed E-state index contributed by atoms with van der Waals surface area (Å²) < 4.78 is 0. The van der Waals surface area contributed by atoms with E-state index in [9.17, 15) is 0 Å². The lowest BCUT2D eigenvalue weighted by molar-refractivity contribution is 0.948. The molecule has 4 nitrogen and oxygen atoms in total. The average Bonchev–Trinajstić information content (AvgIpc) is 2.38. The first-order chi connectivity index (χ1) is 8.28. The summed E-state index contributed by atoms with van der Waals surface area (Å²) in [5, 5.41) is 0.793. The Morgan fingerprint density at radius 2 is 2.00 bits per heavy atom. The molecule has 0 radical (unpaired) electrons. The Bertz CT molecular complexity index is 484. The van der Waals surface area contributed by atoms with Crippen LogP contribution in [0.2, 0.25) is 0 Å². The van der Waals surface area contributed by atoms with E-state index in [2.05, 4.69) is 15.0 Å². The van der Waals surface area contributed by atoms with Crippen molar-refractivity contribution in [3.05, 3.63) is 47.5 Å². The summed E-state index contributed by atoms with van der Waals surface area (Å²) in [6.07, 6.45) is 5.44. The van der Waals surface area contributed by atoms with Crippen molar-refractivity contribution in [2.24, 2.45) is 5.73 Å². The molecule has 2 aromatic rings. The highest BCUT2D eigenvalue weighted by molar-refractivity contribution is 7.98. The van der Waals surface area contributed by atoms with E-state index >= 15 is 0 Å². The van der Waals surface area contributed by atoms with Gasteiger partial charge >= 0.3 is 0 Å². The minimum absolute atomic E-state index is 0.472. The van der Waals surface area contributed by atoms with Gasteiger partial charge in [0.05, 0.1) is 5.69 Å². The van der Waals surface area contributed by atoms with E-state index in [1.807, 2.05) is 31.5 Å². The molecule has 2 rings (SSSR count). The Morgan fingerprint density at radius 1 is 1.24 bits per heavy atom. The van der Waals surface area contributed by atoms with Gasteiger partial charge in [-0.3, -0.25) is 4.98 Å². The van der Waals surface area contributed by atoms with Gasteiger partial charge in [-0.15, -0.1) is 0 Å². The zero-order valence-electron chi connectivity index (χ0n) is 9.63. The monoisotopic (exact) mass is 246 g/mol. The van der Waals surface area contributed by atoms with Crippen LogP contribution < -0.4 is 5.73 Å². The lowest BCUT2D eigenvalue weighted by Gasteiger charge is -2.02. The third-order valence-electron chi connectivity index (χ3n) is 2.22. The molecule has 0 spiro atoms. The van der Waals surface area contributed by atoms with E-state index in [0.717, 1.165) is 22.2 Å². The van der Waals surface area contributed by atoms with Crippen molar-refractivity contribution in [1.82, 2.24) is 15.0 Å². The number of hydrogen-bond acceptors (Lipinski definition) is 5. The molecule has 0 fully saturated rings. The van der Waals surface area contributed by atoms with E-state index in [1.54, 1.807) is 18.0 Å². The van der Waals surface area contributed by atoms with Crippen LogP contribution in [0.1, 0.15) is 16.8 Å². The fourth-order valence-electron chi connectivity index (χ4n) is 1.33. The lowest BCUT2D eigenvalue weighted by atomic mass is 10.2. The third kappa shape index (κ3) is 3.51. The molecular weight excluding hydrogens is 232 g/mol. The first kappa shape index (κ1) is 12.0. The smallest absolute Gasteiger partial charge is 0.187 e. The minimum atomic E-state index is 0.472. The maximum Gasteiger partial charge on any atom is 0.187 e. The number of thioether (sulfide) groups is 1. The summed E-state index contributed by atoms with van der Waals surface area (Å²) in [6.45, 7) is 2.45. The summed E-state index contributed by atoms with van der Waals surface area (Å²) in [5.74, 6) is 0.832. The zero-order chi connectivity index (χ0) is 12.1. The van der Waals surface area contributed by atoms with E-state index in [0.29, 0.717) is 6.54 Å². The largest absolute Gasteiger partial charge is 0.325 e. The number of rotatable bonds is 4. The SMILES string of the molecule is Cc1cnc(SCc2ccnc(CN)c2)nc1. The molecule has 0 aromatic carbocycles. The van der Waals surface area contributed by atoms with Crippen molar-refractivity contribution in [2.45, 2.75) is 24.4 Å². The zero-order valence-corrected chi connectivity index (χ0v) is 10.4. The fourth-order valence-corrected chi connectivity index (χ4v) is 2.06. The maximum absolute atomic E-state index is 5.55. The van der Waals surface area contributed by atoms with Gasteiger partial charge < -0.3 is 5.73 Å². The molecule has 0 bridgehead atoms. The predicted molar refractivity (Wildman–Crippen MR) is 68.5 cm³/mol. The Balaban J connectivity index is 1.99. The number of aryl methyl sites for hydroxylation is 1. The maximum atomic E-state index is 5.55. The molecule has 2 heterocycles. The van der Waals surface area contributed by atoms with Gasteiger partial charge in [0.15, 0.2) is 5.16 Å². The van der Waals surface area contributed by atoms with Gasteiger partial charge in [0.25, 0.3) is 0 Å². The van der Waals surface area contributed by atoms with Crippen LogP contribution in [0.3, 0.4) is 0 Å². The van der Waals surface area contributed by atoms with Crippen molar-refractivity contribution in [2.75, 3.05) is 0 Å². The average molecular weight is 246 g/mol. The molecular formula is C12H14N4S. The number of pyridine rings is 1. The van der Waals surface area contributed by atoms with Crippen LogP contribution in [-0.4, -0.2) is 15.0 Å². The molecule has 2 aromatic heterocycles. The first-order valence-corrected chi connectivity index (χ1v) is 6.32.